The molecule has 0 aliphatic heterocycles. The van der Waals surface area contributed by atoms with Crippen LogP contribution in [0, 0.1) is 12.4 Å². The molecule has 0 amide bonds. The van der Waals surface area contributed by atoms with E-state index in [1.54, 1.807) is 30.5 Å². The molecular formula is C15H8BrFN2O. The number of halogens is 2. The van der Waals surface area contributed by atoms with Gasteiger partial charge in [0.05, 0.1) is 11.0 Å². The Hall–Kier alpha value is -2.32. The van der Waals surface area contributed by atoms with Crippen molar-refractivity contribution in [2.75, 3.05) is 0 Å². The van der Waals surface area contributed by atoms with Crippen LogP contribution in [0.15, 0.2) is 47.1 Å². The maximum Gasteiger partial charge on any atom is 0.190 e. The Labute approximate surface area is 122 Å². The van der Waals surface area contributed by atoms with Crippen LogP contribution in [0.25, 0.3) is 15.7 Å². The summed E-state index contributed by atoms with van der Waals surface area (Å²) in [5, 5.41) is 0.836. The van der Waals surface area contributed by atoms with Gasteiger partial charge in [0.15, 0.2) is 17.3 Å². The first-order valence-electron chi connectivity index (χ1n) is 5.79. The lowest BCUT2D eigenvalue weighted by Crippen LogP contribution is -1.90. The largest absolute Gasteiger partial charge is 0.454 e. The third-order valence-corrected chi connectivity index (χ3v) is 3.66. The molecule has 3 nitrogen and oxygen atoms in total. The number of rotatable bonds is 2. The Morgan fingerprint density at radius 3 is 2.90 bits per heavy atom. The van der Waals surface area contributed by atoms with E-state index >= 15 is 0 Å². The molecule has 1 heterocycles. The molecule has 0 atom stereocenters. The van der Waals surface area contributed by atoms with Crippen molar-refractivity contribution < 1.29 is 9.13 Å². The average molecular weight is 331 g/mol. The fourth-order valence-corrected chi connectivity index (χ4v) is 2.56. The van der Waals surface area contributed by atoms with Gasteiger partial charge in [0.1, 0.15) is 5.75 Å². The van der Waals surface area contributed by atoms with Gasteiger partial charge in [-0.1, -0.05) is 12.1 Å². The van der Waals surface area contributed by atoms with E-state index in [-0.39, 0.29) is 5.75 Å². The van der Waals surface area contributed by atoms with Gasteiger partial charge in [-0.2, -0.15) is 0 Å². The van der Waals surface area contributed by atoms with Crippen molar-refractivity contribution in [2.45, 2.75) is 0 Å². The third-order valence-electron chi connectivity index (χ3n) is 2.87. The van der Waals surface area contributed by atoms with Gasteiger partial charge >= 0.3 is 0 Å². The molecule has 0 saturated heterocycles. The van der Waals surface area contributed by atoms with E-state index in [4.69, 9.17) is 11.3 Å². The summed E-state index contributed by atoms with van der Waals surface area (Å²) in [4.78, 5) is 6.26. The van der Waals surface area contributed by atoms with Gasteiger partial charge in [-0.05, 0) is 34.1 Å². The SMILES string of the molecule is [C-]#[N+]c1cccc(Oc2c(F)cc3[nH]ccc3c2Br)c1. The van der Waals surface area contributed by atoms with Gasteiger partial charge in [0, 0.05) is 23.2 Å². The monoisotopic (exact) mass is 330 g/mol. The second-order valence-electron chi connectivity index (χ2n) is 4.15. The summed E-state index contributed by atoms with van der Waals surface area (Å²) in [6, 6.07) is 9.83. The summed E-state index contributed by atoms with van der Waals surface area (Å²) in [7, 11) is 0. The zero-order valence-electron chi connectivity index (χ0n) is 10.2. The maximum atomic E-state index is 14.1. The number of hydrogen-bond donors (Lipinski definition) is 1. The van der Waals surface area contributed by atoms with E-state index in [1.807, 2.05) is 6.07 Å². The fourth-order valence-electron chi connectivity index (χ4n) is 1.94. The smallest absolute Gasteiger partial charge is 0.190 e. The van der Waals surface area contributed by atoms with Crippen LogP contribution in [0.1, 0.15) is 0 Å². The van der Waals surface area contributed by atoms with Crippen molar-refractivity contribution in [1.29, 1.82) is 0 Å². The van der Waals surface area contributed by atoms with Gasteiger partial charge < -0.3 is 9.72 Å². The number of fused-ring (bicyclic) bond motifs is 1. The standard InChI is InChI=1S/C15H8BrFN2O/c1-18-9-3-2-4-10(7-9)20-15-12(17)8-13-11(14(15)16)5-6-19-13/h2-8,19H. The van der Waals surface area contributed by atoms with Crippen molar-refractivity contribution in [3.05, 3.63) is 64.3 Å². The molecular weight excluding hydrogens is 323 g/mol. The fraction of sp³-hybridized carbons (Fsp3) is 0. The second kappa shape index (κ2) is 4.99. The van der Waals surface area contributed by atoms with E-state index in [1.165, 1.54) is 6.07 Å². The first-order chi connectivity index (χ1) is 9.69. The normalized spacial score (nSPS) is 10.4. The number of hydrogen-bond acceptors (Lipinski definition) is 1. The topological polar surface area (TPSA) is 29.4 Å². The van der Waals surface area contributed by atoms with Gasteiger partial charge in [-0.15, -0.1) is 0 Å². The van der Waals surface area contributed by atoms with Crippen LogP contribution in [-0.4, -0.2) is 4.98 Å². The first kappa shape index (κ1) is 12.7. The maximum absolute atomic E-state index is 14.1. The van der Waals surface area contributed by atoms with Crippen molar-refractivity contribution in [2.24, 2.45) is 0 Å². The van der Waals surface area contributed by atoms with E-state index in [9.17, 15) is 4.39 Å². The molecule has 0 fully saturated rings. The predicted molar refractivity (Wildman–Crippen MR) is 78.7 cm³/mol. The highest BCUT2D eigenvalue weighted by atomic mass is 79.9. The minimum Gasteiger partial charge on any atom is -0.454 e. The average Bonchev–Trinajstić information content (AvgIpc) is 2.92. The van der Waals surface area contributed by atoms with Crippen LogP contribution < -0.4 is 4.74 Å². The molecule has 3 rings (SSSR count). The Kier molecular flexibility index (Phi) is 3.17. The van der Waals surface area contributed by atoms with Gasteiger partial charge in [-0.25, -0.2) is 9.24 Å². The number of ether oxygens (including phenoxy) is 1. The van der Waals surface area contributed by atoms with Crippen molar-refractivity contribution >= 4 is 32.5 Å². The lowest BCUT2D eigenvalue weighted by atomic mass is 10.2. The zero-order valence-corrected chi connectivity index (χ0v) is 11.7. The Bertz CT molecular complexity index is 835. The summed E-state index contributed by atoms with van der Waals surface area (Å²) in [6.07, 6.45) is 1.73. The number of H-pyrrole nitrogens is 1. The van der Waals surface area contributed by atoms with Crippen LogP contribution in [0.5, 0.6) is 11.5 Å². The van der Waals surface area contributed by atoms with Gasteiger partial charge in [0.25, 0.3) is 0 Å². The molecule has 98 valence electrons. The van der Waals surface area contributed by atoms with Crippen LogP contribution in [0.2, 0.25) is 0 Å². The molecule has 2 aromatic carbocycles. The van der Waals surface area contributed by atoms with Crippen molar-refractivity contribution in [3.63, 3.8) is 0 Å². The van der Waals surface area contributed by atoms with Crippen LogP contribution in [0.3, 0.4) is 0 Å². The summed E-state index contributed by atoms with van der Waals surface area (Å²) in [6.45, 7) is 6.97. The number of aromatic nitrogens is 1. The molecule has 0 bridgehead atoms. The highest BCUT2D eigenvalue weighted by Gasteiger charge is 2.14. The van der Waals surface area contributed by atoms with E-state index in [0.717, 1.165) is 5.39 Å². The lowest BCUT2D eigenvalue weighted by molar-refractivity contribution is 0.441. The summed E-state index contributed by atoms with van der Waals surface area (Å²) in [5.41, 5.74) is 1.14. The summed E-state index contributed by atoms with van der Waals surface area (Å²) < 4.78 is 20.2. The zero-order chi connectivity index (χ0) is 14.1. The third kappa shape index (κ3) is 2.15. The van der Waals surface area contributed by atoms with Crippen molar-refractivity contribution in [3.8, 4) is 11.5 Å². The number of nitrogens with one attached hydrogen (secondary N) is 1. The predicted octanol–water partition coefficient (Wildman–Crippen LogP) is 5.41. The molecule has 20 heavy (non-hydrogen) atoms. The number of benzene rings is 2. The molecule has 0 aliphatic carbocycles. The number of aromatic amines is 1. The Morgan fingerprint density at radius 1 is 1.25 bits per heavy atom. The molecule has 0 radical (unpaired) electrons. The quantitative estimate of drug-likeness (QED) is 0.625. The van der Waals surface area contributed by atoms with Gasteiger partial charge in [-0.3, -0.25) is 0 Å². The second-order valence-corrected chi connectivity index (χ2v) is 4.94. The molecule has 5 heteroatoms. The van der Waals surface area contributed by atoms with Crippen LogP contribution in [0.4, 0.5) is 10.1 Å². The van der Waals surface area contributed by atoms with E-state index in [2.05, 4.69) is 25.8 Å². The molecule has 3 aromatic rings. The minimum atomic E-state index is -0.472. The highest BCUT2D eigenvalue weighted by molar-refractivity contribution is 9.10. The lowest BCUT2D eigenvalue weighted by Gasteiger charge is -2.10. The Balaban J connectivity index is 2.08. The Morgan fingerprint density at radius 2 is 2.10 bits per heavy atom. The van der Waals surface area contributed by atoms with Gasteiger partial charge in [0.2, 0.25) is 0 Å². The molecule has 1 N–H and O–H groups in total. The molecule has 1 aromatic heterocycles. The minimum absolute atomic E-state index is 0.110. The molecule has 0 aliphatic rings. The van der Waals surface area contributed by atoms with Crippen LogP contribution >= 0.6 is 15.9 Å². The molecule has 0 unspecified atom stereocenters. The van der Waals surface area contributed by atoms with E-state index < -0.39 is 5.82 Å². The molecule has 0 saturated carbocycles. The van der Waals surface area contributed by atoms with Crippen LogP contribution in [-0.2, 0) is 0 Å². The van der Waals surface area contributed by atoms with Crippen molar-refractivity contribution in [1.82, 2.24) is 4.98 Å². The first-order valence-corrected chi connectivity index (χ1v) is 6.59. The summed E-state index contributed by atoms with van der Waals surface area (Å²) >= 11 is 3.36. The van der Waals surface area contributed by atoms with E-state index in [0.29, 0.717) is 21.4 Å². The highest BCUT2D eigenvalue weighted by Crippen LogP contribution is 2.38. The molecule has 0 spiro atoms. The number of nitrogens with zero attached hydrogens (tertiary/aromatic N) is 1. The summed E-state index contributed by atoms with van der Waals surface area (Å²) in [5.74, 6) is 0.0623.